The fourth-order valence-corrected chi connectivity index (χ4v) is 3.67. The molecule has 0 atom stereocenters. The van der Waals surface area contributed by atoms with E-state index in [-0.39, 0.29) is 0 Å². The molecule has 0 aromatic heterocycles. The molecule has 0 saturated carbocycles. The maximum absolute atomic E-state index is 3.35. The van der Waals surface area contributed by atoms with Crippen LogP contribution in [0.1, 0.15) is 0 Å². The smallest absolute Gasteiger partial charge is 0.00266 e. The maximum atomic E-state index is 3.35. The van der Waals surface area contributed by atoms with E-state index in [4.69, 9.17) is 0 Å². The summed E-state index contributed by atoms with van der Waals surface area (Å²) in [4.78, 5) is 0. The third kappa shape index (κ3) is 1.93. The molecule has 0 saturated heterocycles. The highest BCUT2D eigenvalue weighted by atomic mass is 14.1. The van der Waals surface area contributed by atoms with Crippen molar-refractivity contribution in [1.29, 1.82) is 0 Å². The lowest BCUT2D eigenvalue weighted by Crippen LogP contribution is -1.85. The Balaban J connectivity index is 1.98. The Kier molecular flexibility index (Phi) is 2.89. The van der Waals surface area contributed by atoms with E-state index in [2.05, 4.69) is 91.0 Å². The highest BCUT2D eigenvalue weighted by Crippen LogP contribution is 2.37. The Hall–Kier alpha value is -3.12. The van der Waals surface area contributed by atoms with Gasteiger partial charge in [0, 0.05) is 0 Å². The van der Waals surface area contributed by atoms with Gasteiger partial charge in [-0.1, -0.05) is 91.0 Å². The molecule has 5 rings (SSSR count). The molecule has 0 aliphatic carbocycles. The first-order chi connectivity index (χ1) is 11.9. The van der Waals surface area contributed by atoms with E-state index >= 15 is 0 Å². The van der Waals surface area contributed by atoms with Crippen LogP contribution in [0.5, 0.6) is 0 Å². The molecule has 111 valence electrons. The van der Waals surface area contributed by atoms with Crippen LogP contribution in [0.3, 0.4) is 0 Å². The van der Waals surface area contributed by atoms with Gasteiger partial charge in [0.25, 0.3) is 0 Å². The lowest BCUT2D eigenvalue weighted by molar-refractivity contribution is 1.69. The summed E-state index contributed by atoms with van der Waals surface area (Å²) in [5.74, 6) is 0. The zero-order valence-electron chi connectivity index (χ0n) is 13.2. The SMILES string of the molecule is [c]1ccc(-c2cccc3ccc4ccccc4c23)c2ccccc12. The molecule has 0 aliphatic rings. The van der Waals surface area contributed by atoms with Gasteiger partial charge in [0.1, 0.15) is 0 Å². The number of rotatable bonds is 1. The minimum Gasteiger partial charge on any atom is -0.0616 e. The third-order valence-electron chi connectivity index (χ3n) is 4.77. The van der Waals surface area contributed by atoms with Crippen molar-refractivity contribution in [2.45, 2.75) is 0 Å². The lowest BCUT2D eigenvalue weighted by atomic mass is 9.91. The molecule has 5 aromatic rings. The van der Waals surface area contributed by atoms with Gasteiger partial charge in [-0.3, -0.25) is 0 Å². The van der Waals surface area contributed by atoms with Gasteiger partial charge in [0.15, 0.2) is 0 Å². The number of fused-ring (bicyclic) bond motifs is 4. The summed E-state index contributed by atoms with van der Waals surface area (Å²) in [6.07, 6.45) is 0. The Morgan fingerprint density at radius 3 is 2.21 bits per heavy atom. The van der Waals surface area contributed by atoms with Crippen LogP contribution in [-0.4, -0.2) is 0 Å². The fourth-order valence-electron chi connectivity index (χ4n) is 3.67. The minimum absolute atomic E-state index is 1.16. The molecule has 0 nitrogen and oxygen atoms in total. The van der Waals surface area contributed by atoms with Crippen LogP contribution >= 0.6 is 0 Å². The van der Waals surface area contributed by atoms with Crippen molar-refractivity contribution in [2.75, 3.05) is 0 Å². The van der Waals surface area contributed by atoms with Crippen LogP contribution in [0.4, 0.5) is 0 Å². The summed E-state index contributed by atoms with van der Waals surface area (Å²) in [5.41, 5.74) is 2.56. The van der Waals surface area contributed by atoms with Crippen molar-refractivity contribution in [3.8, 4) is 11.1 Å². The first kappa shape index (κ1) is 13.3. The van der Waals surface area contributed by atoms with Crippen molar-refractivity contribution in [3.63, 3.8) is 0 Å². The molecule has 24 heavy (non-hydrogen) atoms. The third-order valence-corrected chi connectivity index (χ3v) is 4.77. The Bertz CT molecular complexity index is 1190. The van der Waals surface area contributed by atoms with Gasteiger partial charge < -0.3 is 0 Å². The van der Waals surface area contributed by atoms with Gasteiger partial charge >= 0.3 is 0 Å². The molecule has 0 amide bonds. The molecule has 0 unspecified atom stereocenters. The zero-order chi connectivity index (χ0) is 15.9. The summed E-state index contributed by atoms with van der Waals surface area (Å²) in [7, 11) is 0. The van der Waals surface area contributed by atoms with Crippen LogP contribution in [-0.2, 0) is 0 Å². The standard InChI is InChI=1S/C24H15/c1-3-11-20-17(7-1)9-5-13-22(20)23-14-6-10-19-16-15-18-8-2-4-12-21(18)24(19)23/h1-8,10-16H. The van der Waals surface area contributed by atoms with Crippen molar-refractivity contribution >= 4 is 32.3 Å². The molecule has 0 fully saturated rings. The Morgan fingerprint density at radius 2 is 1.25 bits per heavy atom. The number of hydrogen-bond acceptors (Lipinski definition) is 0. The quantitative estimate of drug-likeness (QED) is 0.305. The van der Waals surface area contributed by atoms with Crippen LogP contribution in [0.15, 0.2) is 91.0 Å². The molecule has 0 aliphatic heterocycles. The largest absolute Gasteiger partial charge is 0.0616 e. The first-order valence-electron chi connectivity index (χ1n) is 8.22. The second-order valence-electron chi connectivity index (χ2n) is 6.13. The molecule has 0 spiro atoms. The van der Waals surface area contributed by atoms with E-state index in [1.165, 1.54) is 38.1 Å². The molecule has 5 aromatic carbocycles. The van der Waals surface area contributed by atoms with Crippen LogP contribution in [0.25, 0.3) is 43.4 Å². The van der Waals surface area contributed by atoms with Gasteiger partial charge in [-0.15, -0.1) is 0 Å². The van der Waals surface area contributed by atoms with E-state index in [1.807, 2.05) is 6.07 Å². The molecular formula is C24H15. The normalized spacial score (nSPS) is 11.3. The average molecular weight is 303 g/mol. The van der Waals surface area contributed by atoms with Crippen molar-refractivity contribution in [1.82, 2.24) is 0 Å². The van der Waals surface area contributed by atoms with Crippen molar-refractivity contribution in [2.24, 2.45) is 0 Å². The van der Waals surface area contributed by atoms with E-state index in [0.29, 0.717) is 0 Å². The van der Waals surface area contributed by atoms with Crippen LogP contribution in [0, 0.1) is 6.07 Å². The summed E-state index contributed by atoms with van der Waals surface area (Å²) < 4.78 is 0. The van der Waals surface area contributed by atoms with Crippen LogP contribution in [0.2, 0.25) is 0 Å². The second kappa shape index (κ2) is 5.21. The minimum atomic E-state index is 1.16. The predicted octanol–water partition coefficient (Wildman–Crippen LogP) is 6.61. The van der Waals surface area contributed by atoms with Crippen molar-refractivity contribution in [3.05, 3.63) is 97.1 Å². The summed E-state index contributed by atoms with van der Waals surface area (Å²) in [5, 5.41) is 7.61. The topological polar surface area (TPSA) is 0 Å². The van der Waals surface area contributed by atoms with Crippen molar-refractivity contribution < 1.29 is 0 Å². The number of hydrogen-bond donors (Lipinski definition) is 0. The monoisotopic (exact) mass is 303 g/mol. The van der Waals surface area contributed by atoms with E-state index in [0.717, 1.165) is 5.39 Å². The zero-order valence-corrected chi connectivity index (χ0v) is 13.2. The van der Waals surface area contributed by atoms with E-state index in [1.54, 1.807) is 0 Å². The predicted molar refractivity (Wildman–Crippen MR) is 103 cm³/mol. The summed E-state index contributed by atoms with van der Waals surface area (Å²) in [6.45, 7) is 0. The molecule has 0 heterocycles. The fraction of sp³-hybridized carbons (Fsp3) is 0. The Morgan fingerprint density at radius 1 is 0.500 bits per heavy atom. The highest BCUT2D eigenvalue weighted by molar-refractivity contribution is 6.16. The average Bonchev–Trinajstić information content (AvgIpc) is 2.67. The Labute approximate surface area is 141 Å². The lowest BCUT2D eigenvalue weighted by Gasteiger charge is -2.12. The van der Waals surface area contributed by atoms with Gasteiger partial charge in [-0.05, 0) is 49.5 Å². The van der Waals surface area contributed by atoms with Gasteiger partial charge in [-0.25, -0.2) is 0 Å². The van der Waals surface area contributed by atoms with Gasteiger partial charge in [-0.2, -0.15) is 0 Å². The van der Waals surface area contributed by atoms with Crippen LogP contribution < -0.4 is 0 Å². The summed E-state index contributed by atoms with van der Waals surface area (Å²) >= 11 is 0. The maximum Gasteiger partial charge on any atom is -0.00266 e. The highest BCUT2D eigenvalue weighted by Gasteiger charge is 2.10. The van der Waals surface area contributed by atoms with E-state index < -0.39 is 0 Å². The molecule has 0 bridgehead atoms. The second-order valence-corrected chi connectivity index (χ2v) is 6.13. The molecule has 1 radical (unpaired) electrons. The van der Waals surface area contributed by atoms with E-state index in [9.17, 15) is 0 Å². The number of benzene rings is 5. The summed E-state index contributed by atoms with van der Waals surface area (Å²) in [6, 6.07) is 35.7. The molecule has 0 heteroatoms. The molecule has 0 N–H and O–H groups in total. The van der Waals surface area contributed by atoms with Gasteiger partial charge in [0.05, 0.1) is 0 Å². The first-order valence-corrected chi connectivity index (χ1v) is 8.22. The van der Waals surface area contributed by atoms with Gasteiger partial charge in [0.2, 0.25) is 0 Å². The molecular weight excluding hydrogens is 288 g/mol.